The van der Waals surface area contributed by atoms with E-state index in [0.717, 1.165) is 22.3 Å². The van der Waals surface area contributed by atoms with Crippen LogP contribution in [0.4, 0.5) is 0 Å². The minimum atomic E-state index is 0.482. The van der Waals surface area contributed by atoms with Gasteiger partial charge in [0.25, 0.3) is 0 Å². The lowest BCUT2D eigenvalue weighted by atomic mass is 9.77. The highest BCUT2D eigenvalue weighted by Gasteiger charge is 2.24. The molecule has 0 heterocycles. The summed E-state index contributed by atoms with van der Waals surface area (Å²) in [6.45, 7) is 0. The van der Waals surface area contributed by atoms with Crippen molar-refractivity contribution in [2.24, 2.45) is 0 Å². The van der Waals surface area contributed by atoms with Gasteiger partial charge in [0.2, 0.25) is 0 Å². The lowest BCUT2D eigenvalue weighted by molar-refractivity contribution is 0.438. The minimum Gasteiger partial charge on any atom is -0.192 e. The van der Waals surface area contributed by atoms with Gasteiger partial charge in [0.1, 0.15) is 0 Å². The van der Waals surface area contributed by atoms with Crippen LogP contribution in [-0.2, 0) is 0 Å². The van der Waals surface area contributed by atoms with Gasteiger partial charge in [-0.3, -0.25) is 0 Å². The van der Waals surface area contributed by atoms with Crippen LogP contribution < -0.4 is 0 Å². The summed E-state index contributed by atoms with van der Waals surface area (Å²) >= 11 is 0. The summed E-state index contributed by atoms with van der Waals surface area (Å²) in [7, 11) is 0. The van der Waals surface area contributed by atoms with Crippen molar-refractivity contribution >= 4 is 0 Å². The summed E-state index contributed by atoms with van der Waals surface area (Å²) < 4.78 is 0. The van der Waals surface area contributed by atoms with Gasteiger partial charge in [-0.15, -0.1) is 0 Å². The standard InChI is InChI=1S/C20H24N2/c21-13-17-12-20(16-9-5-2-6-10-16)18(14-22)11-19(17)15-7-3-1-4-8-15/h11-12,15-16H,1-10H2. The predicted octanol–water partition coefficient (Wildman–Crippen LogP) is 5.53. The Balaban J connectivity index is 1.98. The third-order valence-electron chi connectivity index (χ3n) is 5.55. The number of benzene rings is 1. The third kappa shape index (κ3) is 3.02. The molecule has 2 nitrogen and oxygen atoms in total. The summed E-state index contributed by atoms with van der Waals surface area (Å²) in [4.78, 5) is 0. The first kappa shape index (κ1) is 15.1. The maximum atomic E-state index is 9.60. The Morgan fingerprint density at radius 3 is 1.32 bits per heavy atom. The molecule has 2 aliphatic carbocycles. The Morgan fingerprint density at radius 2 is 1.00 bits per heavy atom. The van der Waals surface area contributed by atoms with Gasteiger partial charge in [0.15, 0.2) is 0 Å². The quantitative estimate of drug-likeness (QED) is 0.720. The van der Waals surface area contributed by atoms with Gasteiger partial charge in [-0.05, 0) is 60.8 Å². The highest BCUT2D eigenvalue weighted by atomic mass is 14.3. The van der Waals surface area contributed by atoms with Crippen LogP contribution in [0.1, 0.15) is 98.3 Å². The molecule has 0 aliphatic heterocycles. The predicted molar refractivity (Wildman–Crippen MR) is 87.5 cm³/mol. The van der Waals surface area contributed by atoms with Crippen molar-refractivity contribution < 1.29 is 0 Å². The van der Waals surface area contributed by atoms with E-state index in [1.165, 1.54) is 64.2 Å². The van der Waals surface area contributed by atoms with Gasteiger partial charge in [-0.2, -0.15) is 10.5 Å². The molecule has 22 heavy (non-hydrogen) atoms. The smallest absolute Gasteiger partial charge is 0.0994 e. The Morgan fingerprint density at radius 1 is 0.636 bits per heavy atom. The van der Waals surface area contributed by atoms with Crippen LogP contribution in [0.3, 0.4) is 0 Å². The van der Waals surface area contributed by atoms with E-state index in [9.17, 15) is 10.5 Å². The maximum absolute atomic E-state index is 9.60. The molecule has 0 radical (unpaired) electrons. The summed E-state index contributed by atoms with van der Waals surface area (Å²) in [5.41, 5.74) is 3.93. The van der Waals surface area contributed by atoms with Crippen molar-refractivity contribution in [1.29, 1.82) is 10.5 Å². The van der Waals surface area contributed by atoms with E-state index >= 15 is 0 Å². The largest absolute Gasteiger partial charge is 0.192 e. The van der Waals surface area contributed by atoms with Gasteiger partial charge in [0, 0.05) is 0 Å². The first-order valence-electron chi connectivity index (χ1n) is 8.81. The highest BCUT2D eigenvalue weighted by Crippen LogP contribution is 2.39. The molecule has 0 unspecified atom stereocenters. The number of nitriles is 2. The highest BCUT2D eigenvalue weighted by molar-refractivity contribution is 5.52. The van der Waals surface area contributed by atoms with Crippen molar-refractivity contribution in [2.75, 3.05) is 0 Å². The molecule has 0 amide bonds. The Kier molecular flexibility index (Phi) is 4.79. The monoisotopic (exact) mass is 292 g/mol. The molecule has 0 spiro atoms. The summed E-state index contributed by atoms with van der Waals surface area (Å²) in [5, 5.41) is 19.2. The van der Waals surface area contributed by atoms with Crippen LogP contribution in [0.15, 0.2) is 12.1 Å². The second kappa shape index (κ2) is 6.97. The van der Waals surface area contributed by atoms with Crippen molar-refractivity contribution in [3.63, 3.8) is 0 Å². The lowest BCUT2D eigenvalue weighted by Gasteiger charge is -2.26. The minimum absolute atomic E-state index is 0.482. The zero-order valence-corrected chi connectivity index (χ0v) is 13.3. The molecule has 3 rings (SSSR count). The van der Waals surface area contributed by atoms with Gasteiger partial charge in [-0.1, -0.05) is 38.5 Å². The molecule has 2 heteroatoms. The van der Waals surface area contributed by atoms with E-state index in [0.29, 0.717) is 11.8 Å². The average molecular weight is 292 g/mol. The van der Waals surface area contributed by atoms with E-state index in [4.69, 9.17) is 0 Å². The van der Waals surface area contributed by atoms with E-state index in [-0.39, 0.29) is 0 Å². The van der Waals surface area contributed by atoms with Crippen LogP contribution in [0.2, 0.25) is 0 Å². The zero-order valence-electron chi connectivity index (χ0n) is 13.3. The summed E-state index contributed by atoms with van der Waals surface area (Å²) in [6.07, 6.45) is 12.3. The van der Waals surface area contributed by atoms with Crippen molar-refractivity contribution in [3.8, 4) is 12.1 Å². The topological polar surface area (TPSA) is 47.6 Å². The lowest BCUT2D eigenvalue weighted by Crippen LogP contribution is -2.11. The maximum Gasteiger partial charge on any atom is 0.0994 e. The van der Waals surface area contributed by atoms with Crippen LogP contribution in [0.25, 0.3) is 0 Å². The second-order valence-corrected chi connectivity index (χ2v) is 6.92. The molecule has 2 fully saturated rings. The first-order valence-corrected chi connectivity index (χ1v) is 8.81. The molecular formula is C20H24N2. The average Bonchev–Trinajstić information content (AvgIpc) is 2.62. The van der Waals surface area contributed by atoms with Gasteiger partial charge >= 0.3 is 0 Å². The number of rotatable bonds is 2. The Bertz CT molecular complexity index is 550. The van der Waals surface area contributed by atoms with Crippen LogP contribution in [0, 0.1) is 22.7 Å². The van der Waals surface area contributed by atoms with Crippen molar-refractivity contribution in [2.45, 2.75) is 76.0 Å². The number of hydrogen-bond acceptors (Lipinski definition) is 2. The Labute approximate surface area is 133 Å². The Hall–Kier alpha value is -1.80. The fourth-order valence-electron chi connectivity index (χ4n) is 4.33. The molecule has 0 aromatic heterocycles. The van der Waals surface area contributed by atoms with E-state index in [2.05, 4.69) is 24.3 Å². The van der Waals surface area contributed by atoms with Crippen molar-refractivity contribution in [1.82, 2.24) is 0 Å². The second-order valence-electron chi connectivity index (χ2n) is 6.92. The normalized spacial score (nSPS) is 20.3. The molecule has 2 aliphatic rings. The molecule has 1 aromatic carbocycles. The fourth-order valence-corrected chi connectivity index (χ4v) is 4.33. The van der Waals surface area contributed by atoms with E-state index in [1.54, 1.807) is 0 Å². The zero-order chi connectivity index (χ0) is 15.4. The SMILES string of the molecule is N#Cc1cc(C2CCCCC2)c(C#N)cc1C1CCCCC1. The molecule has 1 aromatic rings. The number of nitrogens with zero attached hydrogens (tertiary/aromatic N) is 2. The first-order chi connectivity index (χ1) is 10.8. The molecule has 114 valence electrons. The van der Waals surface area contributed by atoms with E-state index < -0.39 is 0 Å². The molecular weight excluding hydrogens is 268 g/mol. The molecule has 0 N–H and O–H groups in total. The molecule has 0 atom stereocenters. The van der Waals surface area contributed by atoms with Gasteiger partial charge in [-0.25, -0.2) is 0 Å². The van der Waals surface area contributed by atoms with Crippen molar-refractivity contribution in [3.05, 3.63) is 34.4 Å². The van der Waals surface area contributed by atoms with Crippen LogP contribution in [-0.4, -0.2) is 0 Å². The van der Waals surface area contributed by atoms with Gasteiger partial charge < -0.3 is 0 Å². The van der Waals surface area contributed by atoms with E-state index in [1.807, 2.05) is 0 Å². The molecule has 2 saturated carbocycles. The van der Waals surface area contributed by atoms with Crippen LogP contribution >= 0.6 is 0 Å². The third-order valence-corrected chi connectivity index (χ3v) is 5.55. The summed E-state index contributed by atoms with van der Waals surface area (Å²) in [5.74, 6) is 0.965. The van der Waals surface area contributed by atoms with Gasteiger partial charge in [0.05, 0.1) is 23.3 Å². The summed E-state index contributed by atoms with van der Waals surface area (Å²) in [6, 6.07) is 8.94. The fraction of sp³-hybridized carbons (Fsp3) is 0.600. The molecule has 0 saturated heterocycles. The van der Waals surface area contributed by atoms with Crippen LogP contribution in [0.5, 0.6) is 0 Å². The molecule has 0 bridgehead atoms. The number of hydrogen-bond donors (Lipinski definition) is 0.